The van der Waals surface area contributed by atoms with Crippen LogP contribution in [-0.2, 0) is 0 Å². The third-order valence-electron chi connectivity index (χ3n) is 4.35. The van der Waals surface area contributed by atoms with Crippen LogP contribution in [-0.4, -0.2) is 27.7 Å². The van der Waals surface area contributed by atoms with Crippen molar-refractivity contribution in [2.75, 3.05) is 6.54 Å². The summed E-state index contributed by atoms with van der Waals surface area (Å²) in [6.07, 6.45) is 1.70. The maximum Gasteiger partial charge on any atom is 0.293 e. The molecule has 0 radical (unpaired) electrons. The van der Waals surface area contributed by atoms with Crippen molar-refractivity contribution in [2.24, 2.45) is 0 Å². The molecule has 0 spiro atoms. The highest BCUT2D eigenvalue weighted by atomic mass is 19.1. The molecule has 3 heterocycles. The van der Waals surface area contributed by atoms with Gasteiger partial charge in [-0.25, -0.2) is 4.39 Å². The molecule has 1 fully saturated rings. The number of amides is 1. The second-order valence-electron chi connectivity index (χ2n) is 6.11. The lowest BCUT2D eigenvalue weighted by atomic mass is 10.1. The van der Waals surface area contributed by atoms with Crippen molar-refractivity contribution in [1.82, 2.24) is 15.2 Å². The minimum absolute atomic E-state index is 0.145. The van der Waals surface area contributed by atoms with E-state index in [1.807, 2.05) is 13.0 Å². The lowest BCUT2D eigenvalue weighted by Gasteiger charge is -2.20. The highest BCUT2D eigenvalue weighted by molar-refractivity contribution is 5.92. The second kappa shape index (κ2) is 6.16. The fraction of sp³-hybridized carbons (Fsp3) is 0.278. The Hall–Kier alpha value is -2.96. The zero-order valence-corrected chi connectivity index (χ0v) is 13.6. The van der Waals surface area contributed by atoms with Gasteiger partial charge in [0.25, 0.3) is 5.91 Å². The van der Waals surface area contributed by atoms with Gasteiger partial charge in [0, 0.05) is 24.2 Å². The summed E-state index contributed by atoms with van der Waals surface area (Å²) < 4.78 is 23.6. The molecule has 2 aromatic heterocycles. The van der Waals surface area contributed by atoms with E-state index in [1.165, 1.54) is 12.1 Å². The summed E-state index contributed by atoms with van der Waals surface area (Å²) in [6, 6.07) is 9.15. The molecular weight excluding hydrogens is 325 g/mol. The molecule has 1 aliphatic rings. The number of hydrogen-bond donors (Lipinski definition) is 0. The van der Waals surface area contributed by atoms with E-state index in [1.54, 1.807) is 23.1 Å². The zero-order valence-electron chi connectivity index (χ0n) is 13.6. The summed E-state index contributed by atoms with van der Waals surface area (Å²) in [4.78, 5) is 14.5. The number of aryl methyl sites for hydroxylation is 1. The third-order valence-corrected chi connectivity index (χ3v) is 4.35. The highest BCUT2D eigenvalue weighted by Gasteiger charge is 2.34. The molecule has 3 aromatic rings. The Morgan fingerprint density at radius 2 is 2.00 bits per heavy atom. The van der Waals surface area contributed by atoms with Crippen LogP contribution in [0.15, 0.2) is 45.4 Å². The summed E-state index contributed by atoms with van der Waals surface area (Å²) in [6.45, 7) is 2.47. The lowest BCUT2D eigenvalue weighted by molar-refractivity contribution is 0.0672. The van der Waals surface area contributed by atoms with Crippen molar-refractivity contribution >= 4 is 5.91 Å². The number of nitrogens with zero attached hydrogens (tertiary/aromatic N) is 3. The Labute approximate surface area is 143 Å². The van der Waals surface area contributed by atoms with Gasteiger partial charge < -0.3 is 13.9 Å². The Morgan fingerprint density at radius 1 is 1.20 bits per heavy atom. The first kappa shape index (κ1) is 15.6. The van der Waals surface area contributed by atoms with Gasteiger partial charge in [0.15, 0.2) is 5.76 Å². The molecule has 1 amide bonds. The molecule has 1 saturated heterocycles. The minimum atomic E-state index is -0.328. The molecule has 1 aliphatic heterocycles. The molecule has 0 aliphatic carbocycles. The minimum Gasteiger partial charge on any atom is -0.359 e. The normalized spacial score (nSPS) is 17.2. The summed E-state index contributed by atoms with van der Waals surface area (Å²) >= 11 is 0. The van der Waals surface area contributed by atoms with Crippen LogP contribution < -0.4 is 0 Å². The quantitative estimate of drug-likeness (QED) is 0.725. The molecule has 25 heavy (non-hydrogen) atoms. The fourth-order valence-electron chi connectivity index (χ4n) is 3.12. The van der Waals surface area contributed by atoms with E-state index in [4.69, 9.17) is 9.05 Å². The first-order valence-corrected chi connectivity index (χ1v) is 8.08. The summed E-state index contributed by atoms with van der Waals surface area (Å²) in [5, 5.41) is 7.83. The molecule has 1 atom stereocenters. The zero-order chi connectivity index (χ0) is 17.4. The maximum absolute atomic E-state index is 13.0. The Bertz CT molecular complexity index is 900. The van der Waals surface area contributed by atoms with Gasteiger partial charge in [0.1, 0.15) is 11.5 Å². The number of likely N-dealkylation sites (tertiary alicyclic amines) is 1. The SMILES string of the molecule is Cc1cc([C@@H]2CCCN2C(=O)c2cc(-c3ccc(F)cc3)no2)on1. The highest BCUT2D eigenvalue weighted by Crippen LogP contribution is 2.34. The van der Waals surface area contributed by atoms with Crippen molar-refractivity contribution in [3.05, 3.63) is 59.4 Å². The van der Waals surface area contributed by atoms with Crippen molar-refractivity contribution < 1.29 is 18.2 Å². The Kier molecular flexibility index (Phi) is 3.83. The van der Waals surface area contributed by atoms with Crippen LogP contribution >= 0.6 is 0 Å². The van der Waals surface area contributed by atoms with Gasteiger partial charge in [-0.3, -0.25) is 4.79 Å². The van der Waals surface area contributed by atoms with Crippen molar-refractivity contribution in [3.63, 3.8) is 0 Å². The van der Waals surface area contributed by atoms with Crippen LogP contribution in [0.5, 0.6) is 0 Å². The number of hydrogen-bond acceptors (Lipinski definition) is 5. The summed E-state index contributed by atoms with van der Waals surface area (Å²) in [7, 11) is 0. The predicted octanol–water partition coefficient (Wildman–Crippen LogP) is 3.75. The number of aromatic nitrogens is 2. The van der Waals surface area contributed by atoms with E-state index in [-0.39, 0.29) is 23.5 Å². The Morgan fingerprint density at radius 3 is 2.72 bits per heavy atom. The van der Waals surface area contributed by atoms with Crippen LogP contribution in [0.3, 0.4) is 0 Å². The third kappa shape index (κ3) is 2.93. The summed E-state index contributed by atoms with van der Waals surface area (Å²) in [5.41, 5.74) is 1.97. The molecular formula is C18H16FN3O3. The van der Waals surface area contributed by atoms with E-state index in [0.29, 0.717) is 23.6 Å². The standard InChI is InChI=1S/C18H16FN3O3/c1-11-9-16(24-20-11)15-3-2-8-22(15)18(23)17-10-14(21-25-17)12-4-6-13(19)7-5-12/h4-7,9-10,15H,2-3,8H2,1H3/t15-/m0/s1. The number of carbonyl (C=O) groups is 1. The average Bonchev–Trinajstić information content (AvgIpc) is 3.35. The Balaban J connectivity index is 1.57. The molecule has 1 aromatic carbocycles. The van der Waals surface area contributed by atoms with E-state index in [2.05, 4.69) is 10.3 Å². The number of benzene rings is 1. The van der Waals surface area contributed by atoms with Gasteiger partial charge in [-0.2, -0.15) is 0 Å². The molecule has 0 bridgehead atoms. The molecule has 128 valence electrons. The van der Waals surface area contributed by atoms with E-state index < -0.39 is 0 Å². The topological polar surface area (TPSA) is 72.4 Å². The van der Waals surface area contributed by atoms with Crippen LogP contribution in [0.1, 0.15) is 40.9 Å². The van der Waals surface area contributed by atoms with Gasteiger partial charge >= 0.3 is 0 Å². The number of rotatable bonds is 3. The maximum atomic E-state index is 13.0. The van der Waals surface area contributed by atoms with Crippen LogP contribution in [0.25, 0.3) is 11.3 Å². The average molecular weight is 341 g/mol. The predicted molar refractivity (Wildman–Crippen MR) is 86.1 cm³/mol. The molecule has 0 saturated carbocycles. The van der Waals surface area contributed by atoms with Crippen molar-refractivity contribution in [3.8, 4) is 11.3 Å². The second-order valence-corrected chi connectivity index (χ2v) is 6.11. The van der Waals surface area contributed by atoms with Crippen LogP contribution in [0, 0.1) is 12.7 Å². The summed E-state index contributed by atoms with van der Waals surface area (Å²) in [5.74, 6) is 0.271. The number of halogens is 1. The largest absolute Gasteiger partial charge is 0.359 e. The van der Waals surface area contributed by atoms with E-state index in [9.17, 15) is 9.18 Å². The smallest absolute Gasteiger partial charge is 0.293 e. The van der Waals surface area contributed by atoms with Crippen molar-refractivity contribution in [1.29, 1.82) is 0 Å². The van der Waals surface area contributed by atoms with E-state index >= 15 is 0 Å². The van der Waals surface area contributed by atoms with Gasteiger partial charge in [-0.1, -0.05) is 10.3 Å². The molecule has 6 nitrogen and oxygen atoms in total. The van der Waals surface area contributed by atoms with Gasteiger partial charge in [0.05, 0.1) is 11.7 Å². The van der Waals surface area contributed by atoms with Crippen LogP contribution in [0.4, 0.5) is 4.39 Å². The van der Waals surface area contributed by atoms with Crippen molar-refractivity contribution in [2.45, 2.75) is 25.8 Å². The van der Waals surface area contributed by atoms with E-state index in [0.717, 1.165) is 18.5 Å². The molecule has 0 N–H and O–H groups in total. The molecule has 0 unspecified atom stereocenters. The number of carbonyl (C=O) groups excluding carboxylic acids is 1. The van der Waals surface area contributed by atoms with Crippen LogP contribution in [0.2, 0.25) is 0 Å². The first-order valence-electron chi connectivity index (χ1n) is 8.08. The lowest BCUT2D eigenvalue weighted by Crippen LogP contribution is -2.30. The van der Waals surface area contributed by atoms with Gasteiger partial charge in [-0.05, 0) is 44.0 Å². The monoisotopic (exact) mass is 341 g/mol. The fourth-order valence-corrected chi connectivity index (χ4v) is 3.12. The first-order chi connectivity index (χ1) is 12.1. The van der Waals surface area contributed by atoms with Gasteiger partial charge in [-0.15, -0.1) is 0 Å². The molecule has 7 heteroatoms. The van der Waals surface area contributed by atoms with Gasteiger partial charge in [0.2, 0.25) is 5.76 Å². The molecule has 4 rings (SSSR count).